The quantitative estimate of drug-likeness (QED) is 0.837. The number of hydrogen-bond acceptors (Lipinski definition) is 5. The number of hydrogen-bond donors (Lipinski definition) is 2. The number of nitrogens with one attached hydrogen (secondary N) is 2. The van der Waals surface area contributed by atoms with Gasteiger partial charge < -0.3 is 10.1 Å². The standard InChI is InChI=1S/C15H19N3O3S/c16-9-11-3-6-14(17-12-4-5-12)15(8-11)18-22(19,20)10-13-2-1-7-21-13/h3,6,8,12-13,17-18H,1-2,4-5,7,10H2. The second-order valence-corrected chi connectivity index (χ2v) is 7.58. The van der Waals surface area contributed by atoms with E-state index in [9.17, 15) is 8.42 Å². The van der Waals surface area contributed by atoms with Gasteiger partial charge in [-0.15, -0.1) is 0 Å². The minimum absolute atomic E-state index is 0.0490. The molecule has 118 valence electrons. The summed E-state index contributed by atoms with van der Waals surface area (Å²) in [6.07, 6.45) is 3.60. The monoisotopic (exact) mass is 321 g/mol. The van der Waals surface area contributed by atoms with Crippen molar-refractivity contribution in [1.82, 2.24) is 0 Å². The van der Waals surface area contributed by atoms with E-state index in [0.29, 0.717) is 23.9 Å². The van der Waals surface area contributed by atoms with Crippen LogP contribution in [0.15, 0.2) is 18.2 Å². The van der Waals surface area contributed by atoms with Crippen LogP contribution in [-0.4, -0.2) is 32.9 Å². The van der Waals surface area contributed by atoms with Gasteiger partial charge >= 0.3 is 0 Å². The Labute approximate surface area is 130 Å². The Bertz CT molecular complexity index is 686. The highest BCUT2D eigenvalue weighted by atomic mass is 32.2. The van der Waals surface area contributed by atoms with Crippen LogP contribution in [-0.2, 0) is 14.8 Å². The molecule has 0 bridgehead atoms. The van der Waals surface area contributed by atoms with Crippen molar-refractivity contribution < 1.29 is 13.2 Å². The van der Waals surface area contributed by atoms with Gasteiger partial charge in [-0.2, -0.15) is 5.26 Å². The van der Waals surface area contributed by atoms with Crippen molar-refractivity contribution in [2.45, 2.75) is 37.8 Å². The minimum atomic E-state index is -3.51. The van der Waals surface area contributed by atoms with Gasteiger partial charge in [0.1, 0.15) is 0 Å². The molecular formula is C15H19N3O3S. The van der Waals surface area contributed by atoms with Crippen molar-refractivity contribution in [3.05, 3.63) is 23.8 Å². The molecule has 0 spiro atoms. The van der Waals surface area contributed by atoms with Crippen molar-refractivity contribution in [3.8, 4) is 6.07 Å². The summed E-state index contributed by atoms with van der Waals surface area (Å²) in [5.74, 6) is -0.0490. The van der Waals surface area contributed by atoms with Gasteiger partial charge in [0.05, 0.1) is 34.9 Å². The van der Waals surface area contributed by atoms with Gasteiger partial charge in [0, 0.05) is 12.6 Å². The summed E-state index contributed by atoms with van der Waals surface area (Å²) in [5, 5.41) is 12.3. The molecule has 2 aliphatic rings. The average molecular weight is 321 g/mol. The first-order valence-electron chi connectivity index (χ1n) is 7.48. The average Bonchev–Trinajstić information content (AvgIpc) is 3.15. The molecule has 2 N–H and O–H groups in total. The lowest BCUT2D eigenvalue weighted by molar-refractivity contribution is 0.127. The van der Waals surface area contributed by atoms with Crippen LogP contribution >= 0.6 is 0 Å². The fraction of sp³-hybridized carbons (Fsp3) is 0.533. The smallest absolute Gasteiger partial charge is 0.235 e. The number of sulfonamides is 1. The van der Waals surface area contributed by atoms with E-state index in [1.54, 1.807) is 18.2 Å². The molecule has 3 rings (SSSR count). The van der Waals surface area contributed by atoms with Crippen molar-refractivity contribution in [2.24, 2.45) is 0 Å². The molecule has 1 aromatic rings. The lowest BCUT2D eigenvalue weighted by Crippen LogP contribution is -2.26. The van der Waals surface area contributed by atoms with E-state index in [-0.39, 0.29) is 11.9 Å². The molecule has 1 aliphatic heterocycles. The molecule has 1 heterocycles. The molecule has 22 heavy (non-hydrogen) atoms. The summed E-state index contributed by atoms with van der Waals surface area (Å²) < 4.78 is 32.6. The van der Waals surface area contributed by atoms with Gasteiger partial charge in [-0.3, -0.25) is 4.72 Å². The maximum Gasteiger partial charge on any atom is 0.235 e. The molecule has 1 unspecified atom stereocenters. The van der Waals surface area contributed by atoms with Crippen molar-refractivity contribution in [2.75, 3.05) is 22.4 Å². The molecule has 1 saturated heterocycles. The van der Waals surface area contributed by atoms with Crippen LogP contribution in [0.3, 0.4) is 0 Å². The first kappa shape index (κ1) is 15.1. The maximum absolute atomic E-state index is 12.3. The van der Waals surface area contributed by atoms with E-state index < -0.39 is 10.0 Å². The normalized spacial score (nSPS) is 21.3. The molecule has 0 amide bonds. The van der Waals surface area contributed by atoms with Gasteiger partial charge in [-0.1, -0.05) is 0 Å². The fourth-order valence-corrected chi connectivity index (χ4v) is 3.84. The van der Waals surface area contributed by atoms with Crippen molar-refractivity contribution in [1.29, 1.82) is 5.26 Å². The summed E-state index contributed by atoms with van der Waals surface area (Å²) in [6.45, 7) is 0.624. The van der Waals surface area contributed by atoms with Crippen LogP contribution in [0.5, 0.6) is 0 Å². The van der Waals surface area contributed by atoms with Gasteiger partial charge in [-0.05, 0) is 43.9 Å². The highest BCUT2D eigenvalue weighted by molar-refractivity contribution is 7.92. The third-order valence-electron chi connectivity index (χ3n) is 3.78. The largest absolute Gasteiger partial charge is 0.381 e. The predicted molar refractivity (Wildman–Crippen MR) is 84.2 cm³/mol. The Morgan fingerprint density at radius 3 is 2.73 bits per heavy atom. The number of benzene rings is 1. The van der Waals surface area contributed by atoms with Crippen LogP contribution in [0.1, 0.15) is 31.2 Å². The zero-order valence-electron chi connectivity index (χ0n) is 12.2. The minimum Gasteiger partial charge on any atom is -0.381 e. The summed E-state index contributed by atoms with van der Waals surface area (Å²) in [7, 11) is -3.51. The van der Waals surface area contributed by atoms with Crippen LogP contribution in [0.25, 0.3) is 0 Å². The first-order chi connectivity index (χ1) is 10.6. The van der Waals surface area contributed by atoms with Gasteiger partial charge in [0.25, 0.3) is 0 Å². The number of rotatable bonds is 6. The Balaban J connectivity index is 1.77. The summed E-state index contributed by atoms with van der Waals surface area (Å²) >= 11 is 0. The molecular weight excluding hydrogens is 302 g/mol. The zero-order chi connectivity index (χ0) is 15.6. The van der Waals surface area contributed by atoms with Crippen molar-refractivity contribution in [3.63, 3.8) is 0 Å². The third-order valence-corrected chi connectivity index (χ3v) is 5.12. The van der Waals surface area contributed by atoms with Crippen LogP contribution in [0.2, 0.25) is 0 Å². The van der Waals surface area contributed by atoms with Gasteiger partial charge in [-0.25, -0.2) is 8.42 Å². The van der Waals surface area contributed by atoms with Gasteiger partial charge in [0.15, 0.2) is 0 Å². The number of ether oxygens (including phenoxy) is 1. The first-order valence-corrected chi connectivity index (χ1v) is 9.14. The van der Waals surface area contributed by atoms with Crippen LogP contribution < -0.4 is 10.0 Å². The molecule has 0 radical (unpaired) electrons. The maximum atomic E-state index is 12.3. The second kappa shape index (κ2) is 6.15. The van der Waals surface area contributed by atoms with E-state index in [1.807, 2.05) is 6.07 Å². The van der Waals surface area contributed by atoms with Gasteiger partial charge in [0.2, 0.25) is 10.0 Å². The van der Waals surface area contributed by atoms with Crippen molar-refractivity contribution >= 4 is 21.4 Å². The molecule has 1 aliphatic carbocycles. The molecule has 1 saturated carbocycles. The molecule has 1 atom stereocenters. The third kappa shape index (κ3) is 3.90. The van der Waals surface area contributed by atoms with E-state index in [4.69, 9.17) is 10.00 Å². The van der Waals surface area contributed by atoms with Crippen LogP contribution in [0.4, 0.5) is 11.4 Å². The molecule has 0 aromatic heterocycles. The molecule has 7 heteroatoms. The Morgan fingerprint density at radius 2 is 2.09 bits per heavy atom. The SMILES string of the molecule is N#Cc1ccc(NC2CC2)c(NS(=O)(=O)CC2CCCO2)c1. The second-order valence-electron chi connectivity index (χ2n) is 5.81. The van der Waals surface area contributed by atoms with E-state index >= 15 is 0 Å². The summed E-state index contributed by atoms with van der Waals surface area (Å²) in [4.78, 5) is 0. The number of nitriles is 1. The zero-order valence-corrected chi connectivity index (χ0v) is 13.0. The fourth-order valence-electron chi connectivity index (χ4n) is 2.50. The molecule has 6 nitrogen and oxygen atoms in total. The highest BCUT2D eigenvalue weighted by Crippen LogP contribution is 2.31. The number of nitrogens with zero attached hydrogens (tertiary/aromatic N) is 1. The predicted octanol–water partition coefficient (Wildman–Crippen LogP) is 2.05. The Hall–Kier alpha value is -1.78. The molecule has 2 fully saturated rings. The Kier molecular flexibility index (Phi) is 4.23. The molecule has 1 aromatic carbocycles. The van der Waals surface area contributed by atoms with E-state index in [2.05, 4.69) is 10.0 Å². The lowest BCUT2D eigenvalue weighted by Gasteiger charge is -2.16. The summed E-state index contributed by atoms with van der Waals surface area (Å²) in [5.41, 5.74) is 1.58. The Morgan fingerprint density at radius 1 is 1.27 bits per heavy atom. The number of anilines is 2. The van der Waals surface area contributed by atoms with E-state index in [1.165, 1.54) is 0 Å². The van der Waals surface area contributed by atoms with Crippen LogP contribution in [0, 0.1) is 11.3 Å². The van der Waals surface area contributed by atoms with E-state index in [0.717, 1.165) is 31.4 Å². The summed E-state index contributed by atoms with van der Waals surface area (Å²) in [6, 6.07) is 7.43. The lowest BCUT2D eigenvalue weighted by atomic mass is 10.2. The highest BCUT2D eigenvalue weighted by Gasteiger charge is 2.26. The topological polar surface area (TPSA) is 91.2 Å².